The van der Waals surface area contributed by atoms with Crippen molar-refractivity contribution in [1.82, 2.24) is 9.97 Å². The first-order chi connectivity index (χ1) is 9.65. The topological polar surface area (TPSA) is 91.0 Å². The summed E-state index contributed by atoms with van der Waals surface area (Å²) in [5.74, 6) is 0.438. The second kappa shape index (κ2) is 4.70. The molecule has 0 saturated heterocycles. The van der Waals surface area contributed by atoms with Gasteiger partial charge in [-0.25, -0.2) is 0 Å². The number of rotatable bonds is 2. The number of allylic oxidation sites excluding steroid dienone is 1. The Balaban J connectivity index is 2.12. The average molecular weight is 266 g/mol. The van der Waals surface area contributed by atoms with Gasteiger partial charge < -0.3 is 15.9 Å². The van der Waals surface area contributed by atoms with Crippen molar-refractivity contribution in [3.63, 3.8) is 0 Å². The highest BCUT2D eigenvalue weighted by Crippen LogP contribution is 2.28. The molecule has 0 aliphatic carbocycles. The van der Waals surface area contributed by atoms with Crippen LogP contribution in [0.15, 0.2) is 41.0 Å². The molecule has 5 heteroatoms. The lowest BCUT2D eigenvalue weighted by molar-refractivity contribution is 0.602. The summed E-state index contributed by atoms with van der Waals surface area (Å²) in [5.41, 5.74) is 14.9. The molecule has 3 aromatic rings. The van der Waals surface area contributed by atoms with Crippen LogP contribution in [0.3, 0.4) is 0 Å². The molecule has 0 amide bonds. The van der Waals surface area contributed by atoms with Crippen LogP contribution in [0, 0.1) is 0 Å². The highest BCUT2D eigenvalue weighted by Gasteiger charge is 2.11. The molecule has 0 saturated carbocycles. The minimum Gasteiger partial charge on any atom is -0.445 e. The van der Waals surface area contributed by atoms with E-state index >= 15 is 0 Å². The number of nitrogens with two attached hydrogens (primary N) is 2. The number of fused-ring (bicyclic) bond motifs is 1. The fraction of sp³-hybridized carbons (Fsp3) is 0.0667. The Hall–Kier alpha value is -2.82. The van der Waals surface area contributed by atoms with Crippen LogP contribution in [0.25, 0.3) is 22.7 Å². The Kier molecular flexibility index (Phi) is 2.87. The fourth-order valence-electron chi connectivity index (χ4n) is 2.13. The van der Waals surface area contributed by atoms with Crippen molar-refractivity contribution in [2.45, 2.75) is 6.92 Å². The second-order valence-corrected chi connectivity index (χ2v) is 4.53. The van der Waals surface area contributed by atoms with E-state index in [1.54, 1.807) is 6.26 Å². The number of nitrogens with zero attached hydrogens (tertiary/aromatic N) is 2. The van der Waals surface area contributed by atoms with E-state index in [-0.39, 0.29) is 5.95 Å². The fourth-order valence-corrected chi connectivity index (χ4v) is 2.13. The molecule has 0 fully saturated rings. The third kappa shape index (κ3) is 2.09. The van der Waals surface area contributed by atoms with Crippen LogP contribution in [0.1, 0.15) is 18.1 Å². The molecule has 0 aliphatic rings. The first-order valence-electron chi connectivity index (χ1n) is 6.19. The molecule has 0 radical (unpaired) electrons. The first kappa shape index (κ1) is 12.2. The van der Waals surface area contributed by atoms with Gasteiger partial charge in [0.05, 0.1) is 5.39 Å². The van der Waals surface area contributed by atoms with Crippen molar-refractivity contribution >= 4 is 34.5 Å². The summed E-state index contributed by atoms with van der Waals surface area (Å²) in [6, 6.07) is 10.1. The van der Waals surface area contributed by atoms with Gasteiger partial charge >= 0.3 is 0 Å². The molecular weight excluding hydrogens is 252 g/mol. The van der Waals surface area contributed by atoms with Crippen molar-refractivity contribution in [1.29, 1.82) is 0 Å². The number of furan rings is 1. The molecule has 5 nitrogen and oxygen atoms in total. The standard InChI is InChI=1S/C15H14N4O/c1-9(10-5-3-2-4-6-10)7-11-8-20-14-12(11)13(16)18-15(17)19-14/h2-8H,1H3,(H4,16,17,18,19)/b9-7-. The van der Waals surface area contributed by atoms with E-state index in [4.69, 9.17) is 15.9 Å². The highest BCUT2D eigenvalue weighted by molar-refractivity contribution is 5.97. The average Bonchev–Trinajstić information content (AvgIpc) is 2.82. The third-order valence-corrected chi connectivity index (χ3v) is 3.11. The van der Waals surface area contributed by atoms with Gasteiger partial charge in [0.15, 0.2) is 0 Å². The zero-order chi connectivity index (χ0) is 14.1. The van der Waals surface area contributed by atoms with Gasteiger partial charge in [-0.2, -0.15) is 9.97 Å². The van der Waals surface area contributed by atoms with E-state index in [2.05, 4.69) is 9.97 Å². The lowest BCUT2D eigenvalue weighted by Crippen LogP contribution is -1.99. The lowest BCUT2D eigenvalue weighted by Gasteiger charge is -2.01. The summed E-state index contributed by atoms with van der Waals surface area (Å²) >= 11 is 0. The summed E-state index contributed by atoms with van der Waals surface area (Å²) in [6.45, 7) is 2.03. The number of anilines is 2. The molecule has 3 rings (SSSR count). The zero-order valence-corrected chi connectivity index (χ0v) is 11.0. The summed E-state index contributed by atoms with van der Waals surface area (Å²) < 4.78 is 5.39. The van der Waals surface area contributed by atoms with Crippen LogP contribution in [-0.2, 0) is 0 Å². The maximum absolute atomic E-state index is 5.90. The van der Waals surface area contributed by atoms with E-state index in [9.17, 15) is 0 Å². The van der Waals surface area contributed by atoms with E-state index in [1.165, 1.54) is 0 Å². The van der Waals surface area contributed by atoms with Crippen LogP contribution < -0.4 is 11.5 Å². The normalized spacial score (nSPS) is 11.9. The SMILES string of the molecule is C/C(=C/c1coc2nc(N)nc(N)c12)c1ccccc1. The summed E-state index contributed by atoms with van der Waals surface area (Å²) in [7, 11) is 0. The van der Waals surface area contributed by atoms with Crippen molar-refractivity contribution in [2.75, 3.05) is 11.5 Å². The molecule has 0 aliphatic heterocycles. The molecule has 100 valence electrons. The van der Waals surface area contributed by atoms with Crippen molar-refractivity contribution in [2.24, 2.45) is 0 Å². The molecule has 0 bridgehead atoms. The maximum atomic E-state index is 5.90. The molecule has 2 heterocycles. The van der Waals surface area contributed by atoms with Crippen LogP contribution in [0.2, 0.25) is 0 Å². The first-order valence-corrected chi connectivity index (χ1v) is 6.19. The quantitative estimate of drug-likeness (QED) is 0.744. The number of benzene rings is 1. The van der Waals surface area contributed by atoms with Gasteiger partial charge in [-0.05, 0) is 24.1 Å². The Bertz CT molecular complexity index is 790. The highest BCUT2D eigenvalue weighted by atomic mass is 16.3. The lowest BCUT2D eigenvalue weighted by atomic mass is 10.0. The number of hydrogen-bond donors (Lipinski definition) is 2. The predicted molar refractivity (Wildman–Crippen MR) is 80.6 cm³/mol. The van der Waals surface area contributed by atoms with E-state index in [1.807, 2.05) is 43.3 Å². The van der Waals surface area contributed by atoms with Gasteiger partial charge in [0.1, 0.15) is 12.1 Å². The largest absolute Gasteiger partial charge is 0.445 e. The molecule has 0 atom stereocenters. The Morgan fingerprint density at radius 3 is 2.65 bits per heavy atom. The van der Waals surface area contributed by atoms with Gasteiger partial charge in [0.2, 0.25) is 11.7 Å². The second-order valence-electron chi connectivity index (χ2n) is 4.53. The minimum absolute atomic E-state index is 0.111. The van der Waals surface area contributed by atoms with Crippen LogP contribution >= 0.6 is 0 Å². The number of hydrogen-bond acceptors (Lipinski definition) is 5. The molecule has 0 spiro atoms. The van der Waals surface area contributed by atoms with Crippen molar-refractivity contribution in [3.05, 3.63) is 47.7 Å². The molecule has 4 N–H and O–H groups in total. The predicted octanol–water partition coefficient (Wildman–Crippen LogP) is 2.95. The van der Waals surface area contributed by atoms with Gasteiger partial charge in [0.25, 0.3) is 0 Å². The van der Waals surface area contributed by atoms with Crippen LogP contribution in [0.5, 0.6) is 0 Å². The Morgan fingerprint density at radius 1 is 1.15 bits per heavy atom. The van der Waals surface area contributed by atoms with E-state index in [0.717, 1.165) is 16.7 Å². The number of nitrogen functional groups attached to an aromatic ring is 2. The minimum atomic E-state index is 0.111. The Morgan fingerprint density at radius 2 is 1.90 bits per heavy atom. The zero-order valence-electron chi connectivity index (χ0n) is 11.0. The molecule has 1 aromatic carbocycles. The third-order valence-electron chi connectivity index (χ3n) is 3.11. The van der Waals surface area contributed by atoms with Gasteiger partial charge in [-0.1, -0.05) is 30.3 Å². The molecule has 20 heavy (non-hydrogen) atoms. The van der Waals surface area contributed by atoms with E-state index < -0.39 is 0 Å². The Labute approximate surface area is 115 Å². The smallest absolute Gasteiger partial charge is 0.233 e. The van der Waals surface area contributed by atoms with Gasteiger partial charge in [-0.3, -0.25) is 0 Å². The molecule has 0 unspecified atom stereocenters. The van der Waals surface area contributed by atoms with E-state index in [0.29, 0.717) is 16.9 Å². The summed E-state index contributed by atoms with van der Waals surface area (Å²) in [5, 5.41) is 0.689. The maximum Gasteiger partial charge on any atom is 0.233 e. The van der Waals surface area contributed by atoms with Gasteiger partial charge in [0, 0.05) is 5.56 Å². The van der Waals surface area contributed by atoms with Crippen LogP contribution in [0.4, 0.5) is 11.8 Å². The van der Waals surface area contributed by atoms with Gasteiger partial charge in [-0.15, -0.1) is 0 Å². The summed E-state index contributed by atoms with van der Waals surface area (Å²) in [6.07, 6.45) is 3.61. The monoisotopic (exact) mass is 266 g/mol. The molecule has 2 aromatic heterocycles. The molecular formula is C15H14N4O. The van der Waals surface area contributed by atoms with Crippen molar-refractivity contribution < 1.29 is 4.42 Å². The van der Waals surface area contributed by atoms with Crippen molar-refractivity contribution in [3.8, 4) is 0 Å². The number of aromatic nitrogens is 2. The van der Waals surface area contributed by atoms with Crippen LogP contribution in [-0.4, -0.2) is 9.97 Å². The summed E-state index contributed by atoms with van der Waals surface area (Å²) in [4.78, 5) is 8.00.